The number of nitriles is 1. The lowest BCUT2D eigenvalue weighted by Gasteiger charge is -2.09. The van der Waals surface area contributed by atoms with Gasteiger partial charge in [0.25, 0.3) is 0 Å². The molecular weight excluding hydrogens is 302 g/mol. The minimum Gasteiger partial charge on any atom is -0.352 e. The van der Waals surface area contributed by atoms with Gasteiger partial charge < -0.3 is 5.32 Å². The summed E-state index contributed by atoms with van der Waals surface area (Å²) in [5, 5.41) is 12.7. The summed E-state index contributed by atoms with van der Waals surface area (Å²) in [5.41, 5.74) is 2.04. The van der Waals surface area contributed by atoms with E-state index < -0.39 is 0 Å². The predicted octanol–water partition coefficient (Wildman–Crippen LogP) is 4.11. The van der Waals surface area contributed by atoms with Gasteiger partial charge in [-0.25, -0.2) is 0 Å². The van der Waals surface area contributed by atoms with Crippen molar-refractivity contribution >= 4 is 38.9 Å². The van der Waals surface area contributed by atoms with E-state index >= 15 is 0 Å². The molecule has 1 aromatic carbocycles. The van der Waals surface area contributed by atoms with Crippen molar-refractivity contribution in [2.24, 2.45) is 0 Å². The second-order valence-corrected chi connectivity index (χ2v) is 4.57. The topological polar surface area (TPSA) is 48.7 Å². The number of aromatic nitrogens is 1. The van der Waals surface area contributed by atoms with Crippen LogP contribution in [0.25, 0.3) is 0 Å². The minimum atomic E-state index is 0.543. The SMILES string of the molecule is N#Cc1ccncc1Nc1ccc(Cl)cc1Br. The molecule has 0 spiro atoms. The van der Waals surface area contributed by atoms with Gasteiger partial charge in [0, 0.05) is 15.7 Å². The summed E-state index contributed by atoms with van der Waals surface area (Å²) in [6.45, 7) is 0. The standard InChI is InChI=1S/C12H7BrClN3/c13-10-5-9(14)1-2-11(10)17-12-7-16-4-3-8(12)6-15/h1-5,7,17H. The summed E-state index contributed by atoms with van der Waals surface area (Å²) in [7, 11) is 0. The van der Waals surface area contributed by atoms with E-state index in [1.807, 2.05) is 6.07 Å². The van der Waals surface area contributed by atoms with Crippen molar-refractivity contribution in [3.63, 3.8) is 0 Å². The van der Waals surface area contributed by atoms with Crippen LogP contribution >= 0.6 is 27.5 Å². The van der Waals surface area contributed by atoms with Gasteiger partial charge in [0.05, 0.1) is 23.1 Å². The van der Waals surface area contributed by atoms with Gasteiger partial charge in [-0.2, -0.15) is 5.26 Å². The fourth-order valence-corrected chi connectivity index (χ4v) is 2.11. The molecule has 2 aromatic rings. The fourth-order valence-electron chi connectivity index (χ4n) is 1.33. The van der Waals surface area contributed by atoms with Crippen molar-refractivity contribution in [3.8, 4) is 6.07 Å². The summed E-state index contributed by atoms with van der Waals surface area (Å²) >= 11 is 9.26. The highest BCUT2D eigenvalue weighted by Crippen LogP contribution is 2.29. The first-order valence-electron chi connectivity index (χ1n) is 4.77. The zero-order valence-corrected chi connectivity index (χ0v) is 11.0. The number of anilines is 2. The molecule has 1 heterocycles. The number of halogens is 2. The third kappa shape index (κ3) is 2.76. The van der Waals surface area contributed by atoms with E-state index in [-0.39, 0.29) is 0 Å². The van der Waals surface area contributed by atoms with E-state index in [2.05, 4.69) is 32.3 Å². The molecule has 1 N–H and O–H groups in total. The van der Waals surface area contributed by atoms with Crippen LogP contribution in [0.15, 0.2) is 41.1 Å². The number of hydrogen-bond acceptors (Lipinski definition) is 3. The number of benzene rings is 1. The van der Waals surface area contributed by atoms with Crippen LogP contribution in [0.3, 0.4) is 0 Å². The maximum absolute atomic E-state index is 8.96. The summed E-state index contributed by atoms with van der Waals surface area (Å²) in [6.07, 6.45) is 3.19. The third-order valence-electron chi connectivity index (χ3n) is 2.14. The minimum absolute atomic E-state index is 0.543. The van der Waals surface area contributed by atoms with Crippen molar-refractivity contribution in [1.82, 2.24) is 4.98 Å². The maximum Gasteiger partial charge on any atom is 0.101 e. The highest BCUT2D eigenvalue weighted by molar-refractivity contribution is 9.10. The molecule has 17 heavy (non-hydrogen) atoms. The predicted molar refractivity (Wildman–Crippen MR) is 71.4 cm³/mol. The number of pyridine rings is 1. The van der Waals surface area contributed by atoms with Crippen LogP contribution in [-0.2, 0) is 0 Å². The lowest BCUT2D eigenvalue weighted by atomic mass is 10.2. The fraction of sp³-hybridized carbons (Fsp3) is 0. The first-order valence-corrected chi connectivity index (χ1v) is 5.94. The smallest absolute Gasteiger partial charge is 0.101 e. The molecule has 0 bridgehead atoms. The quantitative estimate of drug-likeness (QED) is 0.908. The van der Waals surface area contributed by atoms with Crippen LogP contribution in [-0.4, -0.2) is 4.98 Å². The number of rotatable bonds is 2. The molecule has 0 aliphatic carbocycles. The van der Waals surface area contributed by atoms with E-state index in [0.717, 1.165) is 10.2 Å². The van der Waals surface area contributed by atoms with Gasteiger partial charge in [-0.3, -0.25) is 4.98 Å². The first kappa shape index (κ1) is 11.9. The summed E-state index contributed by atoms with van der Waals surface area (Å²) in [6, 6.07) is 9.15. The number of nitrogens with zero attached hydrogens (tertiary/aromatic N) is 2. The zero-order valence-electron chi connectivity index (χ0n) is 8.61. The first-order chi connectivity index (χ1) is 8.20. The Kier molecular flexibility index (Phi) is 3.62. The van der Waals surface area contributed by atoms with E-state index in [9.17, 15) is 0 Å². The van der Waals surface area contributed by atoms with Crippen LogP contribution in [0.2, 0.25) is 5.02 Å². The lowest BCUT2D eigenvalue weighted by molar-refractivity contribution is 1.30. The molecule has 5 heteroatoms. The normalized spacial score (nSPS) is 9.71. The molecular formula is C12H7BrClN3. The highest BCUT2D eigenvalue weighted by atomic mass is 79.9. The summed E-state index contributed by atoms with van der Waals surface area (Å²) in [4.78, 5) is 3.98. The molecule has 3 nitrogen and oxygen atoms in total. The van der Waals surface area contributed by atoms with Gasteiger partial charge >= 0.3 is 0 Å². The molecule has 2 rings (SSSR count). The Hall–Kier alpha value is -1.57. The van der Waals surface area contributed by atoms with Crippen LogP contribution < -0.4 is 5.32 Å². The van der Waals surface area contributed by atoms with Crippen molar-refractivity contribution in [2.45, 2.75) is 0 Å². The largest absolute Gasteiger partial charge is 0.352 e. The molecule has 0 saturated heterocycles. The van der Waals surface area contributed by atoms with Crippen molar-refractivity contribution in [2.75, 3.05) is 5.32 Å². The molecule has 0 aliphatic heterocycles. The maximum atomic E-state index is 8.96. The van der Waals surface area contributed by atoms with Gasteiger partial charge in [0.1, 0.15) is 6.07 Å². The zero-order chi connectivity index (χ0) is 12.3. The van der Waals surface area contributed by atoms with Gasteiger partial charge in [-0.1, -0.05) is 11.6 Å². The van der Waals surface area contributed by atoms with E-state index in [0.29, 0.717) is 16.3 Å². The van der Waals surface area contributed by atoms with Crippen LogP contribution in [0, 0.1) is 11.3 Å². The molecule has 0 aliphatic rings. The monoisotopic (exact) mass is 307 g/mol. The summed E-state index contributed by atoms with van der Waals surface area (Å²) < 4.78 is 0.831. The van der Waals surface area contributed by atoms with Crippen LogP contribution in [0.5, 0.6) is 0 Å². The average Bonchev–Trinajstić information content (AvgIpc) is 2.33. The lowest BCUT2D eigenvalue weighted by Crippen LogP contribution is -1.95. The Labute approximate surface area is 112 Å². The van der Waals surface area contributed by atoms with Gasteiger partial charge in [-0.15, -0.1) is 0 Å². The van der Waals surface area contributed by atoms with Crippen LogP contribution in [0.1, 0.15) is 5.56 Å². The molecule has 84 valence electrons. The van der Waals surface area contributed by atoms with Crippen molar-refractivity contribution < 1.29 is 0 Å². The van der Waals surface area contributed by atoms with Gasteiger partial charge in [-0.05, 0) is 40.2 Å². The average molecular weight is 309 g/mol. The molecule has 0 amide bonds. The molecule has 0 fully saturated rings. The Morgan fingerprint density at radius 1 is 1.29 bits per heavy atom. The van der Waals surface area contributed by atoms with Gasteiger partial charge in [0.15, 0.2) is 0 Å². The van der Waals surface area contributed by atoms with E-state index in [1.165, 1.54) is 0 Å². The van der Waals surface area contributed by atoms with Gasteiger partial charge in [0.2, 0.25) is 0 Å². The molecule has 0 atom stereocenters. The second-order valence-electron chi connectivity index (χ2n) is 3.28. The number of nitrogens with one attached hydrogen (secondary N) is 1. The summed E-state index contributed by atoms with van der Waals surface area (Å²) in [5.74, 6) is 0. The molecule has 0 saturated carbocycles. The third-order valence-corrected chi connectivity index (χ3v) is 3.03. The highest BCUT2D eigenvalue weighted by Gasteiger charge is 2.05. The molecule has 1 aromatic heterocycles. The Morgan fingerprint density at radius 3 is 2.82 bits per heavy atom. The van der Waals surface area contributed by atoms with E-state index in [1.54, 1.807) is 30.6 Å². The number of hydrogen-bond donors (Lipinski definition) is 1. The molecule has 0 unspecified atom stereocenters. The van der Waals surface area contributed by atoms with Crippen molar-refractivity contribution in [3.05, 3.63) is 51.7 Å². The Morgan fingerprint density at radius 2 is 2.12 bits per heavy atom. The molecule has 0 radical (unpaired) electrons. The Balaban J connectivity index is 2.35. The van der Waals surface area contributed by atoms with E-state index in [4.69, 9.17) is 16.9 Å². The van der Waals surface area contributed by atoms with Crippen molar-refractivity contribution in [1.29, 1.82) is 5.26 Å². The second kappa shape index (κ2) is 5.17. The van der Waals surface area contributed by atoms with Crippen LogP contribution in [0.4, 0.5) is 11.4 Å². The Bertz CT molecular complexity index is 593.